The monoisotopic (exact) mass is 1790 g/mol. The van der Waals surface area contributed by atoms with Crippen molar-refractivity contribution in [2.75, 3.05) is 29.4 Å². The molecule has 0 N–H and O–H groups in total. The van der Waals surface area contributed by atoms with Crippen molar-refractivity contribution in [3.8, 4) is 80.1 Å². The Kier molecular flexibility index (Phi) is 17.9. The Labute approximate surface area is 810 Å². The quantitative estimate of drug-likeness (QED) is 0.143. The molecule has 0 saturated heterocycles. The maximum Gasteiger partial charge on any atom is 0.256 e. The van der Waals surface area contributed by atoms with Crippen molar-refractivity contribution in [1.82, 2.24) is 0 Å². The van der Waals surface area contributed by atoms with Crippen LogP contribution in [0.15, 0.2) is 461 Å². The molecule has 0 spiro atoms. The van der Waals surface area contributed by atoms with Crippen LogP contribution in [-0.4, -0.2) is 20.1 Å². The van der Waals surface area contributed by atoms with Gasteiger partial charge in [-0.2, -0.15) is 0 Å². The first-order valence-electron chi connectivity index (χ1n) is 47.8. The average molecular weight is 1790 g/mol. The number of ether oxygens (including phenoxy) is 6. The Morgan fingerprint density at radius 1 is 0.200 bits per heavy atom. The van der Waals surface area contributed by atoms with Crippen molar-refractivity contribution < 1.29 is 28.4 Å². The third-order valence-electron chi connectivity index (χ3n) is 29.0. The predicted molar refractivity (Wildman–Crippen MR) is 574 cm³/mol. The van der Waals surface area contributed by atoms with Crippen molar-refractivity contribution >= 4 is 199 Å². The number of hydrogen-bond donors (Lipinski definition) is 0. The molecule has 31 rings (SSSR count). The lowest BCUT2D eigenvalue weighted by molar-refractivity contribution is 0.469. The zero-order valence-corrected chi connectivity index (χ0v) is 75.5. The smallest absolute Gasteiger partial charge is 0.256 e. The number of hydrogen-bond acceptors (Lipinski definition) is 12. The van der Waals surface area contributed by atoms with E-state index in [4.69, 9.17) is 28.4 Å². The van der Waals surface area contributed by atoms with E-state index in [1.165, 1.54) is 54.6 Å². The third kappa shape index (κ3) is 12.1. The van der Waals surface area contributed by atoms with Gasteiger partial charge in [-0.05, 0) is 206 Å². The molecule has 0 atom stereocenters. The summed E-state index contributed by atoms with van der Waals surface area (Å²) < 4.78 is 41.7. The Hall–Kier alpha value is -18.3. The summed E-state index contributed by atoms with van der Waals surface area (Å²) in [5.74, 6) is 10.1. The van der Waals surface area contributed by atoms with Crippen molar-refractivity contribution in [2.24, 2.45) is 0 Å². The van der Waals surface area contributed by atoms with Gasteiger partial charge in [0.2, 0.25) is 0 Å². The topological polar surface area (TPSA) is 74.8 Å². The molecule has 9 aliphatic heterocycles. The summed E-state index contributed by atoms with van der Waals surface area (Å²) >= 11 is 0. The SMILES string of the molecule is C1=Cc2ccc(N3c4ccccc4Oc4c3cc3c5c4N(c4ccccc4)c4ccccc4B5c4ccccc4O3)c3cccc(c23)C1.c1ccc(-c2cccc(N3c4ccccc4Oc4c3cc3c5c4N(c4ccccc4)c4ccccc4B5c4ccccc4O3)c2)cc1.c1ccc(N2c3ccccc3B3c4ccccc4Oc4cc5c(c2c43)Oc2ccccc2N5c2cccc3ccccc23)cc1. The number of anilines is 18. The molecule has 12 nitrogen and oxygen atoms in total. The second-order valence-corrected chi connectivity index (χ2v) is 36.6. The maximum absolute atomic E-state index is 7.10. The summed E-state index contributed by atoms with van der Waals surface area (Å²) in [5, 5.41) is 4.89. The Bertz CT molecular complexity index is 8790. The van der Waals surface area contributed by atoms with Gasteiger partial charge in [0.05, 0.1) is 62.6 Å². The highest BCUT2D eigenvalue weighted by molar-refractivity contribution is 7.01. The van der Waals surface area contributed by atoms with Crippen LogP contribution in [0.5, 0.6) is 69.0 Å². The van der Waals surface area contributed by atoms with Gasteiger partial charge in [0, 0.05) is 85.2 Å². The van der Waals surface area contributed by atoms with Crippen LogP contribution in [0.4, 0.5) is 102 Å². The van der Waals surface area contributed by atoms with Crippen molar-refractivity contribution in [2.45, 2.75) is 6.42 Å². The van der Waals surface area contributed by atoms with E-state index in [9.17, 15) is 0 Å². The van der Waals surface area contributed by atoms with Gasteiger partial charge in [-0.1, -0.05) is 315 Å². The van der Waals surface area contributed by atoms with Gasteiger partial charge in [0.25, 0.3) is 20.1 Å². The van der Waals surface area contributed by atoms with Crippen molar-refractivity contribution in [1.29, 1.82) is 0 Å². The van der Waals surface area contributed by atoms with Gasteiger partial charge in [-0.15, -0.1) is 0 Å². The van der Waals surface area contributed by atoms with Gasteiger partial charge in [0.1, 0.15) is 34.5 Å². The summed E-state index contributed by atoms with van der Waals surface area (Å²) in [4.78, 5) is 14.1. The van der Waals surface area contributed by atoms with Crippen LogP contribution in [0.25, 0.3) is 38.7 Å². The summed E-state index contributed by atoms with van der Waals surface area (Å²) in [6.07, 6.45) is 5.44. The van der Waals surface area contributed by atoms with Crippen LogP contribution in [-0.2, 0) is 6.42 Å². The van der Waals surface area contributed by atoms with E-state index in [0.717, 1.165) is 216 Å². The molecule has 140 heavy (non-hydrogen) atoms. The standard InChI is InChI=1S/C43H27BN2O2.C42H27BN2O2.C40H25BN2O2/c1-2-15-29(16-3-1)45-34-20-6-4-18-31(34)44-32-19-5-8-22-37(32)47-39-26-36-43(42(45)41(39)44)48-38-23-9-7-21-35(38)46(36)33-25-24-28-13-10-12-27-14-11-17-30(33)40(27)28;1-3-14-28(15-4-1)29-16-13-19-31(26-29)44-35-23-10-12-25-38(35)47-42-36(44)27-39-40-41(42)45(30-17-5-2-6-18-30)34-22-9-7-20-32(34)43(40)33-21-8-11-24-37(33)46-39;1-2-15-27(16-3-1)42-32-20-8-6-18-29(32)41-30-19-7-10-23-35(30)44-37-25-34-40(39(42)38(37)41)45-36-24-11-9-21-33(36)43(34)31-22-12-14-26-13-4-5-17-28(26)31/h1-11,13-26H,12H2;1-27H;1-25H. The van der Waals surface area contributed by atoms with Gasteiger partial charge in [0.15, 0.2) is 34.5 Å². The van der Waals surface area contributed by atoms with E-state index in [0.29, 0.717) is 0 Å². The first-order valence-corrected chi connectivity index (χ1v) is 47.8. The maximum atomic E-state index is 7.10. The lowest BCUT2D eigenvalue weighted by Gasteiger charge is -2.43. The molecule has 0 unspecified atom stereocenters. The van der Waals surface area contributed by atoms with Gasteiger partial charge < -0.3 is 57.8 Å². The number of para-hydroxylation sites is 15. The first kappa shape index (κ1) is 79.1. The fourth-order valence-corrected chi connectivity index (χ4v) is 23.2. The predicted octanol–water partition coefficient (Wildman–Crippen LogP) is 27.5. The van der Waals surface area contributed by atoms with E-state index in [1.54, 1.807) is 0 Å². The molecule has 0 radical (unpaired) electrons. The lowest BCUT2D eigenvalue weighted by atomic mass is 9.34. The van der Waals surface area contributed by atoms with E-state index < -0.39 is 0 Å². The fourth-order valence-electron chi connectivity index (χ4n) is 23.2. The number of fused-ring (bicyclic) bond motifs is 22. The third-order valence-corrected chi connectivity index (χ3v) is 29.0. The average Bonchev–Trinajstić information content (AvgIpc) is 0.699. The number of rotatable bonds is 7. The second-order valence-electron chi connectivity index (χ2n) is 36.6. The molecule has 0 amide bonds. The molecule has 15 heteroatoms. The molecule has 0 saturated carbocycles. The molecular formula is C125H79B3N6O6. The van der Waals surface area contributed by atoms with Crippen molar-refractivity contribution in [3.63, 3.8) is 0 Å². The van der Waals surface area contributed by atoms with E-state index in [1.807, 2.05) is 12.1 Å². The minimum absolute atomic E-state index is 0.00631. The highest BCUT2D eigenvalue weighted by Crippen LogP contribution is 2.64. The summed E-state index contributed by atoms with van der Waals surface area (Å²) in [6, 6.07) is 160. The molecule has 21 aromatic rings. The fraction of sp³-hybridized carbons (Fsp3) is 0.00800. The number of allylic oxidation sites excluding steroid dienone is 1. The van der Waals surface area contributed by atoms with Gasteiger partial charge in [-0.25, -0.2) is 0 Å². The van der Waals surface area contributed by atoms with E-state index in [2.05, 4.69) is 484 Å². The van der Waals surface area contributed by atoms with Crippen LogP contribution in [0.1, 0.15) is 11.1 Å². The van der Waals surface area contributed by atoms with Crippen LogP contribution in [0, 0.1) is 0 Å². The Morgan fingerprint density at radius 2 is 0.529 bits per heavy atom. The summed E-state index contributed by atoms with van der Waals surface area (Å²) in [6.45, 7) is -0.0295. The molecule has 1 aliphatic carbocycles. The first-order chi connectivity index (χ1) is 69.5. The van der Waals surface area contributed by atoms with Crippen LogP contribution in [0.2, 0.25) is 0 Å². The van der Waals surface area contributed by atoms with Crippen LogP contribution in [0.3, 0.4) is 0 Å². The van der Waals surface area contributed by atoms with Gasteiger partial charge >= 0.3 is 0 Å². The molecule has 0 fully saturated rings. The molecule has 10 aliphatic rings. The molecule has 0 bridgehead atoms. The zero-order chi connectivity index (χ0) is 91.7. The molecule has 9 heterocycles. The van der Waals surface area contributed by atoms with Crippen LogP contribution >= 0.6 is 0 Å². The Morgan fingerprint density at radius 3 is 0.993 bits per heavy atom. The molecule has 21 aromatic carbocycles. The summed E-state index contributed by atoms with van der Waals surface area (Å²) in [7, 11) is 0. The number of benzene rings is 21. The normalized spacial score (nSPS) is 13.7. The largest absolute Gasteiger partial charge is 0.458 e. The minimum atomic E-state index is -0.0120. The van der Waals surface area contributed by atoms with Gasteiger partial charge in [-0.3, -0.25) is 0 Å². The summed E-state index contributed by atoms with van der Waals surface area (Å²) in [5.41, 5.74) is 34.2. The lowest BCUT2D eigenvalue weighted by Crippen LogP contribution is -2.59. The Balaban J connectivity index is 0.000000101. The molecule has 0 aromatic heterocycles. The highest BCUT2D eigenvalue weighted by Gasteiger charge is 2.51. The highest BCUT2D eigenvalue weighted by atomic mass is 16.5. The van der Waals surface area contributed by atoms with E-state index in [-0.39, 0.29) is 20.1 Å². The van der Waals surface area contributed by atoms with Crippen molar-refractivity contribution in [3.05, 3.63) is 472 Å². The van der Waals surface area contributed by atoms with E-state index >= 15 is 0 Å². The zero-order valence-electron chi connectivity index (χ0n) is 75.5. The second kappa shape index (κ2) is 31.7. The number of nitrogens with zero attached hydrogens (tertiary/aromatic N) is 6. The molecule has 654 valence electrons. The van der Waals surface area contributed by atoms with Crippen LogP contribution < -0.4 is 107 Å². The molecular weight excluding hydrogens is 1710 g/mol. The minimum Gasteiger partial charge on any atom is -0.458 e.